The molecule has 2 aromatic rings. The fourth-order valence-electron chi connectivity index (χ4n) is 2.38. The van der Waals surface area contributed by atoms with Gasteiger partial charge in [-0.2, -0.15) is 0 Å². The van der Waals surface area contributed by atoms with E-state index in [1.54, 1.807) is 7.11 Å². The van der Waals surface area contributed by atoms with Crippen molar-refractivity contribution in [1.82, 2.24) is 10.3 Å². The molecule has 3 nitrogen and oxygen atoms in total. The molecule has 0 atom stereocenters. The van der Waals surface area contributed by atoms with E-state index >= 15 is 0 Å². The maximum Gasteiger partial charge on any atom is 0.120 e. The first kappa shape index (κ1) is 13.9. The summed E-state index contributed by atoms with van der Waals surface area (Å²) in [6.07, 6.45) is 1.04. The fourth-order valence-corrected chi connectivity index (χ4v) is 2.38. The molecule has 2 rings (SSSR count). The van der Waals surface area contributed by atoms with Crippen LogP contribution in [0.2, 0.25) is 0 Å². The predicted molar refractivity (Wildman–Crippen MR) is 81.0 cm³/mol. The highest BCUT2D eigenvalue weighted by atomic mass is 16.5. The van der Waals surface area contributed by atoms with Gasteiger partial charge in [0.1, 0.15) is 5.75 Å². The van der Waals surface area contributed by atoms with Gasteiger partial charge in [-0.1, -0.05) is 0 Å². The number of ether oxygens (including phenoxy) is 1. The van der Waals surface area contributed by atoms with Gasteiger partial charge in [0.05, 0.1) is 7.11 Å². The van der Waals surface area contributed by atoms with E-state index < -0.39 is 0 Å². The molecule has 1 aromatic carbocycles. The Kier molecular flexibility index (Phi) is 3.85. The highest BCUT2D eigenvalue weighted by Gasteiger charge is 2.12. The Morgan fingerprint density at radius 3 is 2.63 bits per heavy atom. The van der Waals surface area contributed by atoms with Crippen LogP contribution in [-0.2, 0) is 6.42 Å². The largest absolute Gasteiger partial charge is 0.497 e. The number of aromatic amines is 1. The van der Waals surface area contributed by atoms with Crippen molar-refractivity contribution in [3.8, 4) is 5.75 Å². The molecule has 0 saturated carbocycles. The van der Waals surface area contributed by atoms with Crippen molar-refractivity contribution < 1.29 is 4.74 Å². The molecule has 0 saturated heterocycles. The summed E-state index contributed by atoms with van der Waals surface area (Å²) < 4.78 is 5.26. The van der Waals surface area contributed by atoms with Crippen LogP contribution in [0.4, 0.5) is 0 Å². The molecule has 19 heavy (non-hydrogen) atoms. The number of rotatable bonds is 4. The zero-order valence-corrected chi connectivity index (χ0v) is 12.6. The Bertz CT molecular complexity index is 564. The second-order valence-corrected chi connectivity index (χ2v) is 6.07. The van der Waals surface area contributed by atoms with Crippen molar-refractivity contribution in [3.05, 3.63) is 29.5 Å². The summed E-state index contributed by atoms with van der Waals surface area (Å²) in [4.78, 5) is 3.44. The van der Waals surface area contributed by atoms with Crippen LogP contribution in [0, 0.1) is 6.92 Å². The van der Waals surface area contributed by atoms with Crippen molar-refractivity contribution in [3.63, 3.8) is 0 Å². The number of nitrogens with one attached hydrogen (secondary N) is 2. The van der Waals surface area contributed by atoms with Gasteiger partial charge in [0.2, 0.25) is 0 Å². The monoisotopic (exact) mass is 260 g/mol. The van der Waals surface area contributed by atoms with Crippen molar-refractivity contribution in [2.24, 2.45) is 0 Å². The SMILES string of the molecule is COc1ccc2c(CCNC(C)(C)C)c(C)[nH]c2c1. The maximum atomic E-state index is 5.26. The quantitative estimate of drug-likeness (QED) is 0.884. The van der Waals surface area contributed by atoms with Gasteiger partial charge in [0, 0.05) is 28.2 Å². The van der Waals surface area contributed by atoms with E-state index in [4.69, 9.17) is 4.74 Å². The van der Waals surface area contributed by atoms with Crippen LogP contribution < -0.4 is 10.1 Å². The smallest absolute Gasteiger partial charge is 0.120 e. The van der Waals surface area contributed by atoms with Crippen molar-refractivity contribution in [2.45, 2.75) is 39.7 Å². The number of methoxy groups -OCH3 is 1. The van der Waals surface area contributed by atoms with Crippen molar-refractivity contribution in [2.75, 3.05) is 13.7 Å². The Morgan fingerprint density at radius 2 is 2.00 bits per heavy atom. The minimum absolute atomic E-state index is 0.170. The highest BCUT2D eigenvalue weighted by Crippen LogP contribution is 2.26. The number of aromatic nitrogens is 1. The highest BCUT2D eigenvalue weighted by molar-refractivity contribution is 5.85. The number of aryl methyl sites for hydroxylation is 1. The Hall–Kier alpha value is -1.48. The van der Waals surface area contributed by atoms with Gasteiger partial charge in [-0.3, -0.25) is 0 Å². The van der Waals surface area contributed by atoms with Crippen molar-refractivity contribution >= 4 is 10.9 Å². The molecule has 0 spiro atoms. The fraction of sp³-hybridized carbons (Fsp3) is 0.500. The van der Waals surface area contributed by atoms with Crippen LogP contribution in [0.5, 0.6) is 5.75 Å². The number of hydrogen-bond donors (Lipinski definition) is 2. The minimum atomic E-state index is 0.170. The summed E-state index contributed by atoms with van der Waals surface area (Å²) in [6, 6.07) is 6.23. The van der Waals surface area contributed by atoms with E-state index in [9.17, 15) is 0 Å². The van der Waals surface area contributed by atoms with Crippen LogP contribution in [0.15, 0.2) is 18.2 Å². The zero-order chi connectivity index (χ0) is 14.0. The molecule has 0 bridgehead atoms. The topological polar surface area (TPSA) is 37.0 Å². The lowest BCUT2D eigenvalue weighted by atomic mass is 10.1. The molecule has 1 aromatic heterocycles. The molecule has 0 amide bonds. The molecule has 1 heterocycles. The van der Waals surface area contributed by atoms with E-state index in [2.05, 4.69) is 50.1 Å². The van der Waals surface area contributed by atoms with Crippen LogP contribution in [-0.4, -0.2) is 24.2 Å². The molecule has 0 aliphatic heterocycles. The van der Waals surface area contributed by atoms with Crippen LogP contribution in [0.1, 0.15) is 32.0 Å². The second kappa shape index (κ2) is 5.25. The van der Waals surface area contributed by atoms with Crippen molar-refractivity contribution in [1.29, 1.82) is 0 Å². The Morgan fingerprint density at radius 1 is 1.26 bits per heavy atom. The van der Waals surface area contributed by atoms with E-state index in [1.165, 1.54) is 16.6 Å². The standard InChI is InChI=1S/C16H24N2O/c1-11-13(8-9-17-16(2,3)4)14-7-6-12(19-5)10-15(14)18-11/h6-7,10,17-18H,8-9H2,1-5H3. The maximum absolute atomic E-state index is 5.26. The second-order valence-electron chi connectivity index (χ2n) is 6.07. The van der Waals surface area contributed by atoms with Crippen LogP contribution >= 0.6 is 0 Å². The molecule has 104 valence electrons. The van der Waals surface area contributed by atoms with Gasteiger partial charge in [-0.05, 0) is 58.4 Å². The third-order valence-electron chi connectivity index (χ3n) is 3.36. The number of fused-ring (bicyclic) bond motifs is 1. The minimum Gasteiger partial charge on any atom is -0.497 e. The lowest BCUT2D eigenvalue weighted by molar-refractivity contribution is 0.415. The summed E-state index contributed by atoms with van der Waals surface area (Å²) in [5.41, 5.74) is 3.97. The molecule has 2 N–H and O–H groups in total. The summed E-state index contributed by atoms with van der Waals surface area (Å²) in [7, 11) is 1.70. The molecule has 0 aliphatic carbocycles. The van der Waals surface area contributed by atoms with Crippen LogP contribution in [0.3, 0.4) is 0 Å². The van der Waals surface area contributed by atoms with Gasteiger partial charge in [0.25, 0.3) is 0 Å². The number of H-pyrrole nitrogens is 1. The Balaban J connectivity index is 2.21. The first-order valence-corrected chi connectivity index (χ1v) is 6.81. The number of hydrogen-bond acceptors (Lipinski definition) is 2. The Labute approximate surface area is 115 Å². The molecular formula is C16H24N2O. The third-order valence-corrected chi connectivity index (χ3v) is 3.36. The zero-order valence-electron chi connectivity index (χ0n) is 12.6. The van der Waals surface area contributed by atoms with E-state index in [1.807, 2.05) is 6.07 Å². The lowest BCUT2D eigenvalue weighted by Gasteiger charge is -2.20. The molecule has 0 unspecified atom stereocenters. The normalized spacial score (nSPS) is 12.1. The third kappa shape index (κ3) is 3.29. The summed E-state index contributed by atoms with van der Waals surface area (Å²) in [6.45, 7) is 9.71. The van der Waals surface area contributed by atoms with E-state index in [0.29, 0.717) is 0 Å². The van der Waals surface area contributed by atoms with Gasteiger partial charge < -0.3 is 15.0 Å². The first-order chi connectivity index (χ1) is 8.90. The molecular weight excluding hydrogens is 236 g/mol. The van der Waals surface area contributed by atoms with Gasteiger partial charge >= 0.3 is 0 Å². The summed E-state index contributed by atoms with van der Waals surface area (Å²) in [5.74, 6) is 0.896. The van der Waals surface area contributed by atoms with E-state index in [0.717, 1.165) is 24.2 Å². The molecule has 0 aliphatic rings. The predicted octanol–water partition coefficient (Wildman–Crippen LogP) is 3.42. The number of benzene rings is 1. The van der Waals surface area contributed by atoms with Gasteiger partial charge in [0.15, 0.2) is 0 Å². The summed E-state index contributed by atoms with van der Waals surface area (Å²) in [5, 5.41) is 4.84. The lowest BCUT2D eigenvalue weighted by Crippen LogP contribution is -2.37. The average Bonchev–Trinajstić information content (AvgIpc) is 2.63. The molecule has 0 radical (unpaired) electrons. The summed E-state index contributed by atoms with van der Waals surface area (Å²) >= 11 is 0. The van der Waals surface area contributed by atoms with Crippen LogP contribution in [0.25, 0.3) is 10.9 Å². The van der Waals surface area contributed by atoms with Gasteiger partial charge in [-0.25, -0.2) is 0 Å². The average molecular weight is 260 g/mol. The molecule has 3 heteroatoms. The van der Waals surface area contributed by atoms with E-state index in [-0.39, 0.29) is 5.54 Å². The first-order valence-electron chi connectivity index (χ1n) is 6.81. The van der Waals surface area contributed by atoms with Gasteiger partial charge in [-0.15, -0.1) is 0 Å². The molecule has 0 fully saturated rings.